The Kier molecular flexibility index (Phi) is 10.9. The second kappa shape index (κ2) is 12.8. The summed E-state index contributed by atoms with van der Waals surface area (Å²) in [5, 5.41) is 7.14. The monoisotopic (exact) mass is 543 g/mol. The summed E-state index contributed by atoms with van der Waals surface area (Å²) in [6.07, 6.45) is 6.49. The number of rotatable bonds is 7. The lowest BCUT2D eigenvalue weighted by Gasteiger charge is -2.50. The van der Waals surface area contributed by atoms with E-state index in [1.54, 1.807) is 7.11 Å². The number of aryl methyl sites for hydroxylation is 1. The summed E-state index contributed by atoms with van der Waals surface area (Å²) >= 11 is 0. The number of likely N-dealkylation sites (tertiary alicyclic amines) is 2. The summed E-state index contributed by atoms with van der Waals surface area (Å²) in [6.45, 7) is 11.5. The maximum absolute atomic E-state index is 5.56. The zero-order chi connectivity index (χ0) is 21.4. The van der Waals surface area contributed by atoms with Gasteiger partial charge in [0.2, 0.25) is 0 Å². The zero-order valence-corrected chi connectivity index (χ0v) is 22.2. The third kappa shape index (κ3) is 7.22. The van der Waals surface area contributed by atoms with Gasteiger partial charge in [-0.2, -0.15) is 0 Å². The molecule has 1 aromatic rings. The highest BCUT2D eigenvalue weighted by atomic mass is 127. The Bertz CT molecular complexity index is 697. The smallest absolute Gasteiger partial charge is 0.191 e. The molecule has 0 bridgehead atoms. The van der Waals surface area contributed by atoms with Gasteiger partial charge in [-0.3, -0.25) is 4.90 Å². The Balaban J connectivity index is 0.00000341. The fraction of sp³-hybridized carbons (Fsp3) is 0.708. The van der Waals surface area contributed by atoms with E-state index in [9.17, 15) is 0 Å². The molecular formula is C24H42IN5O. The van der Waals surface area contributed by atoms with Crippen molar-refractivity contribution < 1.29 is 4.74 Å². The molecule has 0 saturated carbocycles. The molecule has 0 aromatic heterocycles. The Morgan fingerprint density at radius 3 is 2.45 bits per heavy atom. The molecule has 7 heteroatoms. The molecule has 3 rings (SSSR count). The summed E-state index contributed by atoms with van der Waals surface area (Å²) in [5.41, 5.74) is 2.56. The van der Waals surface area contributed by atoms with Gasteiger partial charge in [-0.05, 0) is 84.4 Å². The number of nitrogens with zero attached hydrogens (tertiary/aromatic N) is 3. The minimum Gasteiger partial charge on any atom is -0.496 e. The molecule has 0 spiro atoms. The molecule has 6 nitrogen and oxygen atoms in total. The van der Waals surface area contributed by atoms with Crippen LogP contribution in [0.4, 0.5) is 0 Å². The highest BCUT2D eigenvalue weighted by molar-refractivity contribution is 14.0. The predicted octanol–water partition coefficient (Wildman–Crippen LogP) is 3.63. The van der Waals surface area contributed by atoms with Gasteiger partial charge in [0.05, 0.1) is 13.7 Å². The van der Waals surface area contributed by atoms with Gasteiger partial charge in [0.1, 0.15) is 5.75 Å². The van der Waals surface area contributed by atoms with Crippen molar-refractivity contribution in [3.8, 4) is 5.75 Å². The van der Waals surface area contributed by atoms with Gasteiger partial charge in [0, 0.05) is 24.2 Å². The highest BCUT2D eigenvalue weighted by Gasteiger charge is 2.39. The quantitative estimate of drug-likeness (QED) is 0.313. The first-order valence-corrected chi connectivity index (χ1v) is 11.7. The maximum Gasteiger partial charge on any atom is 0.191 e. The molecule has 0 aliphatic carbocycles. The van der Waals surface area contributed by atoms with E-state index in [4.69, 9.17) is 9.73 Å². The lowest BCUT2D eigenvalue weighted by Crippen LogP contribution is -2.62. The van der Waals surface area contributed by atoms with E-state index in [1.165, 1.54) is 63.8 Å². The van der Waals surface area contributed by atoms with Crippen LogP contribution in [0, 0.1) is 6.92 Å². The first-order valence-electron chi connectivity index (χ1n) is 11.7. The van der Waals surface area contributed by atoms with E-state index < -0.39 is 0 Å². The SMILES string of the molecule is CCNC(=NCc1ccc(C)cc1OC)NCC1(N2CCCCC2)CCN(C)CC1.I. The van der Waals surface area contributed by atoms with Crippen LogP contribution in [0.1, 0.15) is 50.2 Å². The standard InChI is InChI=1S/C24H41N5O.HI/c1-5-25-23(26-18-21-10-9-20(2)17-22(21)30-4)27-19-24(11-15-28(3)16-12-24)29-13-7-6-8-14-29;/h9-10,17H,5-8,11-16,18-19H2,1-4H3,(H2,25,26,27);1H. The van der Waals surface area contributed by atoms with Gasteiger partial charge in [-0.15, -0.1) is 24.0 Å². The van der Waals surface area contributed by atoms with Gasteiger partial charge in [-0.25, -0.2) is 4.99 Å². The molecule has 31 heavy (non-hydrogen) atoms. The van der Waals surface area contributed by atoms with E-state index in [-0.39, 0.29) is 29.5 Å². The lowest BCUT2D eigenvalue weighted by molar-refractivity contribution is 0.0173. The molecular weight excluding hydrogens is 501 g/mol. The van der Waals surface area contributed by atoms with E-state index in [2.05, 4.69) is 59.5 Å². The van der Waals surface area contributed by atoms with Crippen molar-refractivity contribution >= 4 is 29.9 Å². The van der Waals surface area contributed by atoms with Crippen molar-refractivity contribution in [3.63, 3.8) is 0 Å². The van der Waals surface area contributed by atoms with Crippen LogP contribution in [-0.4, -0.2) is 74.7 Å². The van der Waals surface area contributed by atoms with Crippen molar-refractivity contribution in [2.24, 2.45) is 4.99 Å². The van der Waals surface area contributed by atoms with Gasteiger partial charge in [-0.1, -0.05) is 18.6 Å². The number of benzene rings is 1. The second-order valence-corrected chi connectivity index (χ2v) is 8.94. The topological polar surface area (TPSA) is 52.1 Å². The molecule has 2 aliphatic heterocycles. The molecule has 1 aromatic carbocycles. The van der Waals surface area contributed by atoms with Crippen LogP contribution in [0.2, 0.25) is 0 Å². The van der Waals surface area contributed by atoms with Gasteiger partial charge < -0.3 is 20.3 Å². The number of methoxy groups -OCH3 is 1. The average molecular weight is 544 g/mol. The van der Waals surface area contributed by atoms with Gasteiger partial charge >= 0.3 is 0 Å². The molecule has 0 atom stereocenters. The molecule has 2 saturated heterocycles. The first kappa shape index (κ1) is 26.2. The van der Waals surface area contributed by atoms with Crippen LogP contribution in [0.25, 0.3) is 0 Å². The molecule has 176 valence electrons. The molecule has 2 N–H and O–H groups in total. The zero-order valence-electron chi connectivity index (χ0n) is 19.9. The number of halogens is 1. The maximum atomic E-state index is 5.56. The summed E-state index contributed by atoms with van der Waals surface area (Å²) in [7, 11) is 3.97. The highest BCUT2D eigenvalue weighted by Crippen LogP contribution is 2.31. The van der Waals surface area contributed by atoms with Crippen molar-refractivity contribution in [2.75, 3.05) is 53.4 Å². The second-order valence-electron chi connectivity index (χ2n) is 8.94. The number of nitrogens with one attached hydrogen (secondary N) is 2. The number of hydrogen-bond acceptors (Lipinski definition) is 4. The number of ether oxygens (including phenoxy) is 1. The van der Waals surface area contributed by atoms with Crippen LogP contribution in [-0.2, 0) is 6.54 Å². The van der Waals surface area contributed by atoms with Crippen molar-refractivity contribution in [2.45, 2.75) is 58.0 Å². The summed E-state index contributed by atoms with van der Waals surface area (Å²) in [5.74, 6) is 1.81. The van der Waals surface area contributed by atoms with Crippen LogP contribution >= 0.6 is 24.0 Å². The molecule has 2 aliphatic rings. The number of aliphatic imine (C=N–C) groups is 1. The van der Waals surface area contributed by atoms with Gasteiger partial charge in [0.25, 0.3) is 0 Å². The first-order chi connectivity index (χ1) is 14.6. The van der Waals surface area contributed by atoms with Gasteiger partial charge in [0.15, 0.2) is 5.96 Å². The van der Waals surface area contributed by atoms with Crippen LogP contribution in [0.5, 0.6) is 5.75 Å². The Morgan fingerprint density at radius 2 is 1.81 bits per heavy atom. The molecule has 2 fully saturated rings. The van der Waals surface area contributed by atoms with E-state index in [0.29, 0.717) is 6.54 Å². The number of hydrogen-bond donors (Lipinski definition) is 2. The Morgan fingerprint density at radius 1 is 1.10 bits per heavy atom. The average Bonchev–Trinajstić information content (AvgIpc) is 2.78. The third-order valence-corrected chi connectivity index (χ3v) is 6.72. The van der Waals surface area contributed by atoms with E-state index in [0.717, 1.165) is 30.4 Å². The molecule has 0 radical (unpaired) electrons. The normalized spacial score (nSPS) is 20.1. The Labute approximate surface area is 206 Å². The molecule has 2 heterocycles. The Hall–Kier alpha value is -1.06. The minimum atomic E-state index is 0. The minimum absolute atomic E-state index is 0. The summed E-state index contributed by atoms with van der Waals surface area (Å²) in [6, 6.07) is 6.32. The summed E-state index contributed by atoms with van der Waals surface area (Å²) in [4.78, 5) is 10.1. The lowest BCUT2D eigenvalue weighted by atomic mass is 9.84. The van der Waals surface area contributed by atoms with Crippen molar-refractivity contribution in [1.82, 2.24) is 20.4 Å². The van der Waals surface area contributed by atoms with Crippen LogP contribution in [0.3, 0.4) is 0 Å². The fourth-order valence-electron chi connectivity index (χ4n) is 4.74. The molecule has 0 amide bonds. The molecule has 0 unspecified atom stereocenters. The fourth-order valence-corrected chi connectivity index (χ4v) is 4.74. The largest absolute Gasteiger partial charge is 0.496 e. The number of piperidine rings is 2. The van der Waals surface area contributed by atoms with Crippen LogP contribution in [0.15, 0.2) is 23.2 Å². The van der Waals surface area contributed by atoms with E-state index in [1.807, 2.05) is 0 Å². The predicted molar refractivity (Wildman–Crippen MR) is 141 cm³/mol. The van der Waals surface area contributed by atoms with Crippen molar-refractivity contribution in [1.29, 1.82) is 0 Å². The van der Waals surface area contributed by atoms with Crippen LogP contribution < -0.4 is 15.4 Å². The number of guanidine groups is 1. The van der Waals surface area contributed by atoms with Crippen molar-refractivity contribution in [3.05, 3.63) is 29.3 Å². The van der Waals surface area contributed by atoms with E-state index >= 15 is 0 Å². The third-order valence-electron chi connectivity index (χ3n) is 6.72. The summed E-state index contributed by atoms with van der Waals surface area (Å²) < 4.78 is 5.56.